The highest BCUT2D eigenvalue weighted by Gasteiger charge is 2.45. The third kappa shape index (κ3) is 7.31. The maximum Gasteiger partial charge on any atom is 0.256 e. The van der Waals surface area contributed by atoms with Gasteiger partial charge in [0.05, 0.1) is 18.1 Å². The highest BCUT2D eigenvalue weighted by atomic mass is 19.3. The van der Waals surface area contributed by atoms with Crippen LogP contribution in [0.1, 0.15) is 41.7 Å². The smallest absolute Gasteiger partial charge is 0.256 e. The Hall–Kier alpha value is -5.34. The highest BCUT2D eigenvalue weighted by molar-refractivity contribution is 6.01. The van der Waals surface area contributed by atoms with Crippen molar-refractivity contribution in [1.82, 2.24) is 19.9 Å². The second kappa shape index (κ2) is 14.6. The van der Waals surface area contributed by atoms with E-state index in [1.165, 1.54) is 67.1 Å². The molecule has 260 valence electrons. The Kier molecular flexibility index (Phi) is 10.5. The van der Waals surface area contributed by atoms with E-state index in [1.807, 2.05) is 0 Å². The summed E-state index contributed by atoms with van der Waals surface area (Å²) in [7, 11) is 0. The van der Waals surface area contributed by atoms with E-state index < -0.39 is 59.4 Å². The van der Waals surface area contributed by atoms with Crippen LogP contribution in [0.25, 0.3) is 0 Å². The molecule has 0 aliphatic carbocycles. The van der Waals surface area contributed by atoms with Gasteiger partial charge < -0.3 is 21.4 Å². The molecule has 8 nitrogen and oxygen atoms in total. The zero-order chi connectivity index (χ0) is 36.2. The fourth-order valence-corrected chi connectivity index (χ4v) is 5.96. The molecule has 0 amide bonds. The van der Waals surface area contributed by atoms with Gasteiger partial charge in [0.2, 0.25) is 11.9 Å². The maximum atomic E-state index is 14.0. The molecule has 4 heterocycles. The van der Waals surface area contributed by atoms with E-state index in [2.05, 4.69) is 20.3 Å². The van der Waals surface area contributed by atoms with E-state index in [4.69, 9.17) is 11.5 Å². The second-order valence-electron chi connectivity index (χ2n) is 11.8. The van der Waals surface area contributed by atoms with Gasteiger partial charge in [0.1, 0.15) is 23.0 Å². The fourth-order valence-electron chi connectivity index (χ4n) is 5.96. The number of rotatable bonds is 8. The summed E-state index contributed by atoms with van der Waals surface area (Å²) in [5, 5.41) is 3.28. The molecule has 3 aromatic heterocycles. The summed E-state index contributed by atoms with van der Waals surface area (Å²) in [5.74, 6) is -1.76. The van der Waals surface area contributed by atoms with E-state index in [9.17, 15) is 31.1 Å². The zero-order valence-corrected chi connectivity index (χ0v) is 26.9. The Bertz CT molecular complexity index is 2040. The number of hydrogen-bond acceptors (Lipinski definition) is 7. The topological polar surface area (TPSA) is 124 Å². The number of aromatic nitrogens is 3. The van der Waals surface area contributed by atoms with Crippen LogP contribution in [-0.4, -0.2) is 38.9 Å². The minimum atomic E-state index is -2.69. The van der Waals surface area contributed by atoms with Crippen molar-refractivity contribution in [3.8, 4) is 0 Å². The van der Waals surface area contributed by atoms with Crippen molar-refractivity contribution in [1.29, 1.82) is 0 Å². The van der Waals surface area contributed by atoms with Crippen LogP contribution in [0.2, 0.25) is 0 Å². The van der Waals surface area contributed by atoms with Crippen LogP contribution in [0.3, 0.4) is 0 Å². The summed E-state index contributed by atoms with van der Waals surface area (Å²) in [6.07, 6.45) is 1.27. The first kappa shape index (κ1) is 36.0. The first-order valence-corrected chi connectivity index (χ1v) is 15.4. The van der Waals surface area contributed by atoms with E-state index >= 15 is 0 Å². The molecule has 5 N–H and O–H groups in total. The molecule has 50 heavy (non-hydrogen) atoms. The molecule has 1 aliphatic rings. The number of amidine groups is 1. The lowest BCUT2D eigenvalue weighted by Gasteiger charge is -2.35. The number of benzene rings is 2. The average molecular weight is 694 g/mol. The van der Waals surface area contributed by atoms with Crippen molar-refractivity contribution >= 4 is 5.84 Å². The molecule has 0 fully saturated rings. The maximum absolute atomic E-state index is 14.0. The lowest BCUT2D eigenvalue weighted by atomic mass is 9.78. The Balaban J connectivity index is 0.000000219. The molecule has 2 aromatic carbocycles. The predicted octanol–water partition coefficient (Wildman–Crippen LogP) is 5.38. The lowest BCUT2D eigenvalue weighted by molar-refractivity contribution is 0.125. The number of nitrogens with zero attached hydrogens (tertiary/aromatic N) is 4. The molecule has 0 saturated heterocycles. The average Bonchev–Trinajstić information content (AvgIpc) is 3.43. The zero-order valence-electron chi connectivity index (χ0n) is 26.9. The summed E-state index contributed by atoms with van der Waals surface area (Å²) in [6, 6.07) is 18.9. The summed E-state index contributed by atoms with van der Waals surface area (Å²) >= 11 is 0. The van der Waals surface area contributed by atoms with Crippen molar-refractivity contribution in [3.05, 3.63) is 165 Å². The largest absolute Gasteiger partial charge is 0.354 e. The first-order valence-electron chi connectivity index (χ1n) is 15.4. The van der Waals surface area contributed by atoms with Gasteiger partial charge >= 0.3 is 0 Å². The van der Waals surface area contributed by atoms with Crippen LogP contribution in [0, 0.1) is 23.5 Å². The standard InChI is InChI=1S/C22H18F4N4O.C14H15F2N3/c1-13-22(15-3-5-17(23)6-4-15,16-8-9-27-19(26)10-16)29-21(28-13)14-2-7-20(31)30(11-14)12-18(24)25;1-9(17)14(18,10-2-4-12(15)5-3-10)11-6-7-19-13(16)8-11/h2-11,13,18H,12H2,1H3,(H,28,29);2-9H,17-18H2,1H3/t13-,22-;9-,14-/m00/s1. The van der Waals surface area contributed by atoms with Gasteiger partial charge in [0.15, 0.2) is 0 Å². The third-order valence-corrected chi connectivity index (χ3v) is 8.58. The van der Waals surface area contributed by atoms with Crippen molar-refractivity contribution in [2.75, 3.05) is 0 Å². The number of hydrogen-bond donors (Lipinski definition) is 3. The van der Waals surface area contributed by atoms with Crippen molar-refractivity contribution in [2.24, 2.45) is 16.5 Å². The molecule has 4 atom stereocenters. The van der Waals surface area contributed by atoms with Crippen LogP contribution in [0.5, 0.6) is 0 Å². The van der Waals surface area contributed by atoms with Gasteiger partial charge in [-0.1, -0.05) is 24.3 Å². The molecule has 5 aromatic rings. The second-order valence-corrected chi connectivity index (χ2v) is 11.8. The molecule has 0 radical (unpaired) electrons. The van der Waals surface area contributed by atoms with E-state index in [-0.39, 0.29) is 5.82 Å². The molecular weight excluding hydrogens is 660 g/mol. The Morgan fingerprint density at radius 3 is 2.02 bits per heavy atom. The number of aliphatic imine (C=N–C) groups is 1. The van der Waals surface area contributed by atoms with Gasteiger partial charge in [-0.3, -0.25) is 9.79 Å². The monoisotopic (exact) mass is 693 g/mol. The Morgan fingerprint density at radius 1 is 0.840 bits per heavy atom. The Morgan fingerprint density at radius 2 is 1.44 bits per heavy atom. The molecule has 0 spiro atoms. The van der Waals surface area contributed by atoms with Gasteiger partial charge in [-0.25, -0.2) is 27.5 Å². The molecule has 14 heteroatoms. The van der Waals surface area contributed by atoms with E-state index in [0.717, 1.165) is 4.57 Å². The SMILES string of the molecule is C[C@@H]1N=C(c2ccc(=O)n(CC(F)F)c2)N[C@@]1(c1ccc(F)cc1)c1ccnc(F)c1.C[C@H](N)[C@](N)(c1ccc(F)cc1)c1ccnc(F)c1. The highest BCUT2D eigenvalue weighted by Crippen LogP contribution is 2.39. The number of nitrogens with two attached hydrogens (primary N) is 2. The molecule has 1 aliphatic heterocycles. The molecule has 6 rings (SSSR count). The van der Waals surface area contributed by atoms with Gasteiger partial charge in [-0.2, -0.15) is 8.78 Å². The number of pyridine rings is 3. The van der Waals surface area contributed by atoms with Crippen LogP contribution in [0.15, 0.2) is 113 Å². The predicted molar refractivity (Wildman–Crippen MR) is 176 cm³/mol. The quantitative estimate of drug-likeness (QED) is 0.148. The van der Waals surface area contributed by atoms with E-state index in [1.54, 1.807) is 50.2 Å². The van der Waals surface area contributed by atoms with Gasteiger partial charge in [-0.05, 0) is 90.7 Å². The number of nitrogens with one attached hydrogen (secondary N) is 1. The van der Waals surface area contributed by atoms with E-state index in [0.29, 0.717) is 33.7 Å². The number of halogens is 6. The van der Waals surface area contributed by atoms with Gasteiger partial charge in [0.25, 0.3) is 12.0 Å². The summed E-state index contributed by atoms with van der Waals surface area (Å²) in [5.41, 5.74) is 12.3. The summed E-state index contributed by atoms with van der Waals surface area (Å²) in [6.45, 7) is 2.78. The minimum Gasteiger partial charge on any atom is -0.354 e. The molecule has 0 bridgehead atoms. The number of alkyl halides is 2. The minimum absolute atomic E-state index is 0.345. The third-order valence-electron chi connectivity index (χ3n) is 8.58. The van der Waals surface area contributed by atoms with Crippen molar-refractivity contribution < 1.29 is 26.3 Å². The van der Waals surface area contributed by atoms with Crippen LogP contribution in [0.4, 0.5) is 26.3 Å². The van der Waals surface area contributed by atoms with Crippen LogP contribution in [-0.2, 0) is 17.6 Å². The summed E-state index contributed by atoms with van der Waals surface area (Å²) in [4.78, 5) is 23.6. The molecular formula is C36H33F6N7O. The van der Waals surface area contributed by atoms with Crippen LogP contribution >= 0.6 is 0 Å². The molecule has 0 unspecified atom stereocenters. The van der Waals surface area contributed by atoms with Crippen LogP contribution < -0.4 is 22.3 Å². The van der Waals surface area contributed by atoms with Gasteiger partial charge in [0, 0.05) is 36.3 Å². The molecule has 0 saturated carbocycles. The Labute approximate surface area is 283 Å². The lowest BCUT2D eigenvalue weighted by Crippen LogP contribution is -2.51. The fraction of sp³-hybridized carbons (Fsp3) is 0.222. The normalized spacial score (nSPS) is 18.8. The van der Waals surface area contributed by atoms with Gasteiger partial charge in [-0.15, -0.1) is 0 Å². The summed E-state index contributed by atoms with van der Waals surface area (Å²) < 4.78 is 80.4. The van der Waals surface area contributed by atoms with Crippen molar-refractivity contribution in [3.63, 3.8) is 0 Å². The first-order chi connectivity index (χ1) is 23.7. The van der Waals surface area contributed by atoms with Crippen molar-refractivity contribution in [2.45, 2.75) is 50.0 Å².